The largest absolute Gasteiger partial charge is 0.492 e. The van der Waals surface area contributed by atoms with Gasteiger partial charge in [-0.1, -0.05) is 11.6 Å². The summed E-state index contributed by atoms with van der Waals surface area (Å²) >= 11 is 6.11. The van der Waals surface area contributed by atoms with E-state index < -0.39 is 0 Å². The van der Waals surface area contributed by atoms with Crippen molar-refractivity contribution in [2.24, 2.45) is 0 Å². The normalized spacial score (nSPS) is 17.3. The van der Waals surface area contributed by atoms with Gasteiger partial charge >= 0.3 is 6.03 Å². The van der Waals surface area contributed by atoms with E-state index in [1.54, 1.807) is 0 Å². The summed E-state index contributed by atoms with van der Waals surface area (Å²) < 4.78 is 11.1. The molecule has 1 aliphatic rings. The summed E-state index contributed by atoms with van der Waals surface area (Å²) in [5.74, 6) is 0.765. The van der Waals surface area contributed by atoms with E-state index in [1.807, 2.05) is 26.0 Å². The van der Waals surface area contributed by atoms with Crippen LogP contribution in [0.4, 0.5) is 4.79 Å². The minimum Gasteiger partial charge on any atom is -0.492 e. The molecule has 0 spiro atoms. The number of carbonyl (C=O) groups is 1. The Morgan fingerprint density at radius 2 is 2.09 bits per heavy atom. The molecule has 0 bridgehead atoms. The first-order chi connectivity index (χ1) is 10.6. The molecule has 122 valence electrons. The van der Waals surface area contributed by atoms with E-state index in [9.17, 15) is 4.79 Å². The topological polar surface area (TPSA) is 59.6 Å². The molecule has 0 radical (unpaired) electrons. The van der Waals surface area contributed by atoms with Crippen molar-refractivity contribution < 1.29 is 14.3 Å². The molecule has 1 unspecified atom stereocenters. The number of carbonyl (C=O) groups excluding carboxylic acids is 1. The van der Waals surface area contributed by atoms with Gasteiger partial charge in [-0.15, -0.1) is 0 Å². The van der Waals surface area contributed by atoms with Gasteiger partial charge in [0.15, 0.2) is 0 Å². The molecule has 5 nitrogen and oxygen atoms in total. The molecule has 1 aromatic rings. The average Bonchev–Trinajstić information content (AvgIpc) is 3.00. The number of benzene rings is 1. The van der Waals surface area contributed by atoms with Gasteiger partial charge in [0, 0.05) is 18.2 Å². The summed E-state index contributed by atoms with van der Waals surface area (Å²) in [5, 5.41) is 6.32. The zero-order valence-electron chi connectivity index (χ0n) is 13.1. The number of hydrogen-bond donors (Lipinski definition) is 2. The lowest BCUT2D eigenvalue weighted by Crippen LogP contribution is -2.41. The lowest BCUT2D eigenvalue weighted by Gasteiger charge is -2.13. The van der Waals surface area contributed by atoms with Gasteiger partial charge in [0.1, 0.15) is 12.4 Å². The van der Waals surface area contributed by atoms with E-state index in [-0.39, 0.29) is 12.1 Å². The molecule has 0 aromatic heterocycles. The minimum absolute atomic E-state index is 0.155. The Kier molecular flexibility index (Phi) is 6.34. The van der Waals surface area contributed by atoms with Crippen LogP contribution in [0, 0.1) is 13.8 Å². The molecule has 6 heteroatoms. The Labute approximate surface area is 136 Å². The molecule has 2 amide bonds. The van der Waals surface area contributed by atoms with Crippen LogP contribution in [-0.2, 0) is 4.74 Å². The number of hydrogen-bond acceptors (Lipinski definition) is 3. The second-order valence-corrected chi connectivity index (χ2v) is 5.87. The van der Waals surface area contributed by atoms with Gasteiger partial charge in [-0.25, -0.2) is 4.79 Å². The SMILES string of the molecule is Cc1cc(OCCNC(=O)NCC2CCCO2)cc(C)c1Cl. The van der Waals surface area contributed by atoms with Crippen LogP contribution in [0.15, 0.2) is 12.1 Å². The Balaban J connectivity index is 1.63. The Hall–Kier alpha value is -1.46. The Morgan fingerprint density at radius 3 is 2.73 bits per heavy atom. The summed E-state index contributed by atoms with van der Waals surface area (Å²) in [7, 11) is 0. The standard InChI is InChI=1S/C16H23ClN2O3/c1-11-8-14(9-12(2)15(11)17)22-7-5-18-16(20)19-10-13-4-3-6-21-13/h8-9,13H,3-7,10H2,1-2H3,(H2,18,19,20). The van der Waals surface area contributed by atoms with Crippen LogP contribution >= 0.6 is 11.6 Å². The van der Waals surface area contributed by atoms with Gasteiger partial charge in [0.05, 0.1) is 12.6 Å². The van der Waals surface area contributed by atoms with Gasteiger partial charge in [-0.05, 0) is 49.9 Å². The van der Waals surface area contributed by atoms with Crippen molar-refractivity contribution >= 4 is 17.6 Å². The lowest BCUT2D eigenvalue weighted by molar-refractivity contribution is 0.111. The zero-order chi connectivity index (χ0) is 15.9. The number of halogens is 1. The summed E-state index contributed by atoms with van der Waals surface area (Å²) in [6.45, 7) is 6.09. The second-order valence-electron chi connectivity index (χ2n) is 5.49. The molecular formula is C16H23ClN2O3. The van der Waals surface area contributed by atoms with Crippen LogP contribution in [0.5, 0.6) is 5.75 Å². The molecule has 1 fully saturated rings. The predicted octanol–water partition coefficient (Wildman–Crippen LogP) is 2.81. The van der Waals surface area contributed by atoms with E-state index in [2.05, 4.69) is 10.6 Å². The summed E-state index contributed by atoms with van der Waals surface area (Å²) in [4.78, 5) is 11.6. The van der Waals surface area contributed by atoms with E-state index in [4.69, 9.17) is 21.1 Å². The molecule has 1 aliphatic heterocycles. The molecule has 22 heavy (non-hydrogen) atoms. The third kappa shape index (κ3) is 5.07. The van der Waals surface area contributed by atoms with E-state index in [0.29, 0.717) is 19.7 Å². The number of ether oxygens (including phenoxy) is 2. The first-order valence-electron chi connectivity index (χ1n) is 7.59. The zero-order valence-corrected chi connectivity index (χ0v) is 13.8. The Bertz CT molecular complexity index is 493. The van der Waals surface area contributed by atoms with Crippen LogP contribution in [0.2, 0.25) is 5.02 Å². The van der Waals surface area contributed by atoms with Crippen molar-refractivity contribution in [2.45, 2.75) is 32.8 Å². The number of rotatable bonds is 6. The fourth-order valence-electron chi connectivity index (χ4n) is 2.40. The summed E-state index contributed by atoms with van der Waals surface area (Å²) in [5.41, 5.74) is 1.97. The lowest BCUT2D eigenvalue weighted by atomic mass is 10.1. The van der Waals surface area contributed by atoms with Crippen LogP contribution in [-0.4, -0.2) is 38.4 Å². The number of aryl methyl sites for hydroxylation is 2. The fourth-order valence-corrected chi connectivity index (χ4v) is 2.51. The molecule has 2 N–H and O–H groups in total. The smallest absolute Gasteiger partial charge is 0.315 e. The maximum absolute atomic E-state index is 11.6. The quantitative estimate of drug-likeness (QED) is 0.790. The molecule has 1 aromatic carbocycles. The maximum Gasteiger partial charge on any atom is 0.315 e. The molecule has 1 saturated heterocycles. The summed E-state index contributed by atoms with van der Waals surface area (Å²) in [6, 6.07) is 3.60. The molecule has 2 rings (SSSR count). The highest BCUT2D eigenvalue weighted by atomic mass is 35.5. The number of nitrogens with one attached hydrogen (secondary N) is 2. The third-order valence-corrected chi connectivity index (χ3v) is 4.18. The first-order valence-corrected chi connectivity index (χ1v) is 7.97. The number of urea groups is 1. The number of amides is 2. The molecule has 0 aliphatic carbocycles. The monoisotopic (exact) mass is 326 g/mol. The predicted molar refractivity (Wildman–Crippen MR) is 86.8 cm³/mol. The summed E-state index contributed by atoms with van der Waals surface area (Å²) in [6.07, 6.45) is 2.24. The van der Waals surface area contributed by atoms with Crippen molar-refractivity contribution in [3.63, 3.8) is 0 Å². The molecule has 1 heterocycles. The van der Waals surface area contributed by atoms with Gasteiger partial charge in [-0.2, -0.15) is 0 Å². The molecule has 1 atom stereocenters. The highest BCUT2D eigenvalue weighted by Gasteiger charge is 2.15. The van der Waals surface area contributed by atoms with Crippen molar-refractivity contribution in [1.82, 2.24) is 10.6 Å². The fraction of sp³-hybridized carbons (Fsp3) is 0.562. The first kappa shape index (κ1) is 16.9. The average molecular weight is 327 g/mol. The van der Waals surface area contributed by atoms with Crippen LogP contribution in [0.3, 0.4) is 0 Å². The van der Waals surface area contributed by atoms with E-state index in [1.165, 1.54) is 0 Å². The van der Waals surface area contributed by atoms with Crippen LogP contribution in [0.25, 0.3) is 0 Å². The van der Waals surface area contributed by atoms with Gasteiger partial charge < -0.3 is 20.1 Å². The maximum atomic E-state index is 11.6. The molecule has 0 saturated carbocycles. The highest BCUT2D eigenvalue weighted by Crippen LogP contribution is 2.25. The van der Waals surface area contributed by atoms with Crippen molar-refractivity contribution in [1.29, 1.82) is 0 Å². The van der Waals surface area contributed by atoms with Crippen molar-refractivity contribution in [3.05, 3.63) is 28.3 Å². The van der Waals surface area contributed by atoms with Gasteiger partial charge in [-0.3, -0.25) is 0 Å². The van der Waals surface area contributed by atoms with Crippen LogP contribution < -0.4 is 15.4 Å². The van der Waals surface area contributed by atoms with E-state index >= 15 is 0 Å². The minimum atomic E-state index is -0.192. The van der Waals surface area contributed by atoms with Crippen LogP contribution in [0.1, 0.15) is 24.0 Å². The Morgan fingerprint density at radius 1 is 1.36 bits per heavy atom. The highest BCUT2D eigenvalue weighted by molar-refractivity contribution is 6.32. The van der Waals surface area contributed by atoms with Gasteiger partial charge in [0.25, 0.3) is 0 Å². The second kappa shape index (κ2) is 8.25. The molecular weight excluding hydrogens is 304 g/mol. The van der Waals surface area contributed by atoms with Crippen molar-refractivity contribution in [3.8, 4) is 5.75 Å². The van der Waals surface area contributed by atoms with Gasteiger partial charge in [0.2, 0.25) is 0 Å². The van der Waals surface area contributed by atoms with Crippen molar-refractivity contribution in [2.75, 3.05) is 26.3 Å². The third-order valence-electron chi connectivity index (χ3n) is 3.58. The van der Waals surface area contributed by atoms with E-state index in [0.717, 1.165) is 41.3 Å².